The van der Waals surface area contributed by atoms with Gasteiger partial charge in [0.2, 0.25) is 5.91 Å². The van der Waals surface area contributed by atoms with E-state index in [0.29, 0.717) is 36.2 Å². The Morgan fingerprint density at radius 2 is 1.77 bits per heavy atom. The number of ketones is 1. The number of Topliss-reactive ketones (excluding diaryl/α,β-unsaturated/α-hetero) is 1. The van der Waals surface area contributed by atoms with Gasteiger partial charge in [-0.1, -0.05) is 42.5 Å². The third kappa shape index (κ3) is 4.18. The highest BCUT2D eigenvalue weighted by atomic mass is 16.2. The van der Waals surface area contributed by atoms with E-state index in [1.165, 1.54) is 12.5 Å². The second kappa shape index (κ2) is 8.25. The first-order valence-electron chi connectivity index (χ1n) is 8.95. The van der Waals surface area contributed by atoms with Crippen LogP contribution in [0.25, 0.3) is 0 Å². The molecule has 1 heterocycles. The lowest BCUT2D eigenvalue weighted by atomic mass is 9.89. The van der Waals surface area contributed by atoms with Crippen LogP contribution in [0.1, 0.15) is 28.8 Å². The van der Waals surface area contributed by atoms with E-state index < -0.39 is 0 Å². The van der Waals surface area contributed by atoms with E-state index in [1.807, 2.05) is 24.3 Å². The molecule has 1 amide bonds. The molecule has 0 bridgehead atoms. The monoisotopic (exact) mass is 351 g/mol. The lowest BCUT2D eigenvalue weighted by molar-refractivity contribution is -0.117. The first-order chi connectivity index (χ1) is 12.6. The largest absolute Gasteiger partial charge is 0.330 e. The summed E-state index contributed by atoms with van der Waals surface area (Å²) in [6, 6.07) is 17.4. The molecule has 5 nitrogen and oxygen atoms in total. The lowest BCUT2D eigenvalue weighted by Crippen LogP contribution is -2.32. The minimum atomic E-state index is -0.108. The molecule has 3 rings (SSSR count). The summed E-state index contributed by atoms with van der Waals surface area (Å²) in [5.74, 6) is 0.519. The van der Waals surface area contributed by atoms with Crippen molar-refractivity contribution in [2.75, 3.05) is 31.5 Å². The van der Waals surface area contributed by atoms with E-state index in [0.717, 1.165) is 13.1 Å². The number of para-hydroxylation sites is 1. The van der Waals surface area contributed by atoms with Crippen molar-refractivity contribution in [2.45, 2.75) is 12.8 Å². The van der Waals surface area contributed by atoms with Gasteiger partial charge in [0.05, 0.1) is 12.2 Å². The molecular weight excluding hydrogens is 326 g/mol. The van der Waals surface area contributed by atoms with Crippen LogP contribution in [0.3, 0.4) is 0 Å². The van der Waals surface area contributed by atoms with Gasteiger partial charge < -0.3 is 11.1 Å². The average molecular weight is 351 g/mol. The van der Waals surface area contributed by atoms with E-state index in [-0.39, 0.29) is 11.7 Å². The van der Waals surface area contributed by atoms with Gasteiger partial charge in [0.15, 0.2) is 5.78 Å². The highest BCUT2D eigenvalue weighted by Gasteiger charge is 2.33. The number of nitrogens with one attached hydrogen (secondary N) is 1. The highest BCUT2D eigenvalue weighted by molar-refractivity contribution is 6.04. The fourth-order valence-corrected chi connectivity index (χ4v) is 3.70. The van der Waals surface area contributed by atoms with Crippen LogP contribution >= 0.6 is 0 Å². The molecule has 2 atom stereocenters. The average Bonchev–Trinajstić information content (AvgIpc) is 3.05. The van der Waals surface area contributed by atoms with Gasteiger partial charge in [0.25, 0.3) is 0 Å². The number of nitrogens with zero attached hydrogens (tertiary/aromatic N) is 1. The first-order valence-corrected chi connectivity index (χ1v) is 8.95. The van der Waals surface area contributed by atoms with Crippen molar-refractivity contribution in [3.63, 3.8) is 0 Å². The number of carbonyl (C=O) groups excluding carboxylic acids is 2. The van der Waals surface area contributed by atoms with Gasteiger partial charge in [-0.05, 0) is 37.1 Å². The van der Waals surface area contributed by atoms with E-state index in [2.05, 4.69) is 22.3 Å². The van der Waals surface area contributed by atoms with Gasteiger partial charge >= 0.3 is 0 Å². The molecule has 1 aliphatic heterocycles. The highest BCUT2D eigenvalue weighted by Crippen LogP contribution is 2.31. The van der Waals surface area contributed by atoms with E-state index >= 15 is 0 Å². The summed E-state index contributed by atoms with van der Waals surface area (Å²) >= 11 is 0. The molecule has 3 N–H and O–H groups in total. The van der Waals surface area contributed by atoms with Gasteiger partial charge in [0.1, 0.15) is 0 Å². The molecule has 0 unspecified atom stereocenters. The van der Waals surface area contributed by atoms with Gasteiger partial charge in [-0.3, -0.25) is 14.5 Å². The Bertz CT molecular complexity index is 776. The molecule has 1 fully saturated rings. The van der Waals surface area contributed by atoms with Crippen LogP contribution in [-0.4, -0.2) is 42.8 Å². The number of hydrogen-bond acceptors (Lipinski definition) is 4. The summed E-state index contributed by atoms with van der Waals surface area (Å²) in [4.78, 5) is 26.3. The summed E-state index contributed by atoms with van der Waals surface area (Å²) in [5, 5.41) is 2.87. The Hall–Kier alpha value is -2.50. The molecule has 0 spiro atoms. The zero-order chi connectivity index (χ0) is 18.5. The maximum atomic E-state index is 12.5. The molecule has 136 valence electrons. The molecule has 1 aliphatic rings. The number of anilines is 1. The Balaban J connectivity index is 1.64. The predicted molar refractivity (Wildman–Crippen MR) is 103 cm³/mol. The van der Waals surface area contributed by atoms with Crippen LogP contribution in [0, 0.1) is 5.92 Å². The summed E-state index contributed by atoms with van der Waals surface area (Å²) in [7, 11) is 0. The van der Waals surface area contributed by atoms with Crippen molar-refractivity contribution in [1.82, 2.24) is 4.90 Å². The van der Waals surface area contributed by atoms with Crippen LogP contribution in [0.4, 0.5) is 5.69 Å². The van der Waals surface area contributed by atoms with Gasteiger partial charge in [0, 0.05) is 24.6 Å². The summed E-state index contributed by atoms with van der Waals surface area (Å²) < 4.78 is 0. The van der Waals surface area contributed by atoms with Gasteiger partial charge in [-0.25, -0.2) is 0 Å². The second-order valence-electron chi connectivity index (χ2n) is 6.86. The SMILES string of the molecule is CC(=O)c1ccccc1NC(=O)CN1C[C@@H](CN)[C@H](c2ccccc2)C1. The minimum Gasteiger partial charge on any atom is -0.330 e. The molecule has 2 aromatic rings. The van der Waals surface area contributed by atoms with Crippen LogP contribution in [0.2, 0.25) is 0 Å². The maximum Gasteiger partial charge on any atom is 0.238 e. The number of rotatable bonds is 6. The van der Waals surface area contributed by atoms with Crippen molar-refractivity contribution >= 4 is 17.4 Å². The molecule has 5 heteroatoms. The van der Waals surface area contributed by atoms with E-state index in [1.54, 1.807) is 18.2 Å². The smallest absolute Gasteiger partial charge is 0.238 e. The topological polar surface area (TPSA) is 75.4 Å². The van der Waals surface area contributed by atoms with Crippen LogP contribution in [0.15, 0.2) is 54.6 Å². The van der Waals surface area contributed by atoms with Gasteiger partial charge in [-0.2, -0.15) is 0 Å². The molecule has 2 aromatic carbocycles. The number of benzene rings is 2. The summed E-state index contributed by atoms with van der Waals surface area (Å²) in [5.41, 5.74) is 8.34. The van der Waals surface area contributed by atoms with Crippen molar-refractivity contribution in [3.05, 3.63) is 65.7 Å². The zero-order valence-electron chi connectivity index (χ0n) is 15.0. The number of nitrogens with two attached hydrogens (primary N) is 1. The first kappa shape index (κ1) is 18.3. The standard InChI is InChI=1S/C21H25N3O2/c1-15(25)18-9-5-6-10-20(18)23-21(26)14-24-12-17(11-22)19(13-24)16-7-3-2-4-8-16/h2-10,17,19H,11-14,22H2,1H3,(H,23,26)/t17-,19+/m1/s1. The van der Waals surface area contributed by atoms with Crippen LogP contribution in [-0.2, 0) is 4.79 Å². The van der Waals surface area contributed by atoms with Crippen molar-refractivity contribution in [1.29, 1.82) is 0 Å². The zero-order valence-corrected chi connectivity index (χ0v) is 15.0. The minimum absolute atomic E-state index is 0.0607. The number of hydrogen-bond donors (Lipinski definition) is 2. The Morgan fingerprint density at radius 3 is 2.46 bits per heavy atom. The quantitative estimate of drug-likeness (QED) is 0.784. The number of likely N-dealkylation sites (tertiary alicyclic amines) is 1. The van der Waals surface area contributed by atoms with E-state index in [9.17, 15) is 9.59 Å². The normalized spacial score (nSPS) is 20.1. The van der Waals surface area contributed by atoms with Gasteiger partial charge in [-0.15, -0.1) is 0 Å². The Labute approximate surface area is 154 Å². The van der Waals surface area contributed by atoms with Crippen LogP contribution < -0.4 is 11.1 Å². The molecule has 0 aromatic heterocycles. The van der Waals surface area contributed by atoms with E-state index in [4.69, 9.17) is 5.73 Å². The molecule has 0 saturated carbocycles. The van der Waals surface area contributed by atoms with Crippen molar-refractivity contribution in [2.24, 2.45) is 11.7 Å². The fourth-order valence-electron chi connectivity index (χ4n) is 3.70. The van der Waals surface area contributed by atoms with Crippen LogP contribution in [0.5, 0.6) is 0 Å². The summed E-state index contributed by atoms with van der Waals surface area (Å²) in [6.07, 6.45) is 0. The molecule has 0 radical (unpaired) electrons. The second-order valence-corrected chi connectivity index (χ2v) is 6.86. The molecule has 26 heavy (non-hydrogen) atoms. The lowest BCUT2D eigenvalue weighted by Gasteiger charge is -2.17. The maximum absolute atomic E-state index is 12.5. The number of carbonyl (C=O) groups is 2. The fraction of sp³-hybridized carbons (Fsp3) is 0.333. The third-order valence-corrected chi connectivity index (χ3v) is 4.99. The third-order valence-electron chi connectivity index (χ3n) is 4.99. The molecular formula is C21H25N3O2. The van der Waals surface area contributed by atoms with Crippen molar-refractivity contribution in [3.8, 4) is 0 Å². The Kier molecular flexibility index (Phi) is 5.81. The Morgan fingerprint density at radius 1 is 1.08 bits per heavy atom. The number of amides is 1. The van der Waals surface area contributed by atoms with Crippen molar-refractivity contribution < 1.29 is 9.59 Å². The predicted octanol–water partition coefficient (Wildman–Crippen LogP) is 2.50. The molecule has 1 saturated heterocycles. The summed E-state index contributed by atoms with van der Waals surface area (Å²) in [6.45, 7) is 4.02. The molecule has 0 aliphatic carbocycles.